The second kappa shape index (κ2) is 11.1. The summed E-state index contributed by atoms with van der Waals surface area (Å²) in [5.41, 5.74) is 1.90. The van der Waals surface area contributed by atoms with Gasteiger partial charge in [0.2, 0.25) is 0 Å². The Bertz CT molecular complexity index is 843. The Kier molecular flexibility index (Phi) is 8.55. The Morgan fingerprint density at radius 2 is 1.62 bits per heavy atom. The summed E-state index contributed by atoms with van der Waals surface area (Å²) in [5, 5.41) is 2.67. The average Bonchev–Trinajstić information content (AvgIpc) is 2.71. The fourth-order valence-corrected chi connectivity index (χ4v) is 2.60. The Labute approximate surface area is 171 Å². The lowest BCUT2D eigenvalue weighted by molar-refractivity contribution is -0.124. The van der Waals surface area contributed by atoms with E-state index in [0.717, 1.165) is 5.56 Å². The predicted molar refractivity (Wildman–Crippen MR) is 110 cm³/mol. The molecule has 2 rings (SSSR count). The molecule has 1 amide bonds. The molecule has 0 aromatic heterocycles. The van der Waals surface area contributed by atoms with Crippen LogP contribution in [-0.2, 0) is 14.3 Å². The zero-order valence-electron chi connectivity index (χ0n) is 17.1. The summed E-state index contributed by atoms with van der Waals surface area (Å²) < 4.78 is 10.5. The van der Waals surface area contributed by atoms with Crippen LogP contribution in [0.4, 0.5) is 0 Å². The van der Waals surface area contributed by atoms with Gasteiger partial charge >= 0.3 is 5.97 Å². The molecule has 6 heteroatoms. The molecule has 0 saturated heterocycles. The summed E-state index contributed by atoms with van der Waals surface area (Å²) >= 11 is 0. The molecule has 0 atom stereocenters. The van der Waals surface area contributed by atoms with Gasteiger partial charge in [0.1, 0.15) is 0 Å². The molecule has 0 aliphatic heterocycles. The van der Waals surface area contributed by atoms with Gasteiger partial charge in [-0.25, -0.2) is 4.79 Å². The van der Waals surface area contributed by atoms with Crippen LogP contribution in [-0.4, -0.2) is 43.5 Å². The molecule has 0 unspecified atom stereocenters. The number of benzene rings is 2. The van der Waals surface area contributed by atoms with Gasteiger partial charge in [0.15, 0.2) is 12.4 Å². The number of ketones is 1. The van der Waals surface area contributed by atoms with Crippen LogP contribution in [0.15, 0.2) is 48.5 Å². The minimum atomic E-state index is -0.709. The lowest BCUT2D eigenvalue weighted by Gasteiger charge is -2.10. The number of esters is 1. The number of ether oxygens (including phenoxy) is 2. The fourth-order valence-electron chi connectivity index (χ4n) is 2.60. The Morgan fingerprint density at radius 1 is 0.966 bits per heavy atom. The van der Waals surface area contributed by atoms with Crippen molar-refractivity contribution in [1.82, 2.24) is 5.32 Å². The maximum absolute atomic E-state index is 12.8. The van der Waals surface area contributed by atoms with Gasteiger partial charge in [0.25, 0.3) is 5.91 Å². The second-order valence-corrected chi connectivity index (χ2v) is 6.94. The molecular weight excluding hydrogens is 370 g/mol. The third kappa shape index (κ3) is 7.16. The molecule has 0 saturated carbocycles. The maximum atomic E-state index is 12.8. The highest BCUT2D eigenvalue weighted by Crippen LogP contribution is 2.16. The molecule has 6 nitrogen and oxygen atoms in total. The monoisotopic (exact) mass is 397 g/mol. The molecule has 154 valence electrons. The van der Waals surface area contributed by atoms with E-state index in [1.807, 2.05) is 32.9 Å². The number of nitrogens with one attached hydrogen (secondary N) is 1. The number of amides is 1. The highest BCUT2D eigenvalue weighted by atomic mass is 16.5. The van der Waals surface area contributed by atoms with E-state index < -0.39 is 18.5 Å². The van der Waals surface area contributed by atoms with E-state index in [2.05, 4.69) is 5.32 Å². The molecule has 2 aromatic rings. The standard InChI is InChI=1S/C23H27NO5/c1-16(2)28-14-6-13-24-21(25)15-29-23(27)20-8-5-4-7-19(20)22(26)18-11-9-17(3)10-12-18/h4-5,7-12,16H,6,13-15H2,1-3H3,(H,24,25). The molecule has 0 aliphatic carbocycles. The van der Waals surface area contributed by atoms with Crippen LogP contribution in [0.1, 0.15) is 52.1 Å². The van der Waals surface area contributed by atoms with Crippen LogP contribution in [0.5, 0.6) is 0 Å². The highest BCUT2D eigenvalue weighted by molar-refractivity contribution is 6.14. The number of hydrogen-bond donors (Lipinski definition) is 1. The van der Waals surface area contributed by atoms with E-state index in [1.54, 1.807) is 30.3 Å². The molecule has 0 fully saturated rings. The SMILES string of the molecule is Cc1ccc(C(=O)c2ccccc2C(=O)OCC(=O)NCCCOC(C)C)cc1. The van der Waals surface area contributed by atoms with Crippen molar-refractivity contribution in [3.63, 3.8) is 0 Å². The Balaban J connectivity index is 1.92. The summed E-state index contributed by atoms with van der Waals surface area (Å²) in [4.78, 5) is 37.1. The first-order valence-electron chi connectivity index (χ1n) is 9.64. The Hall–Kier alpha value is -2.99. The predicted octanol–water partition coefficient (Wildman–Crippen LogP) is 3.31. The van der Waals surface area contributed by atoms with Crippen LogP contribution in [0.2, 0.25) is 0 Å². The maximum Gasteiger partial charge on any atom is 0.339 e. The molecule has 0 aliphatic rings. The highest BCUT2D eigenvalue weighted by Gasteiger charge is 2.19. The zero-order valence-corrected chi connectivity index (χ0v) is 17.1. The van der Waals surface area contributed by atoms with Crippen molar-refractivity contribution in [2.45, 2.75) is 33.3 Å². The fraction of sp³-hybridized carbons (Fsp3) is 0.348. The molecule has 29 heavy (non-hydrogen) atoms. The third-order valence-electron chi connectivity index (χ3n) is 4.13. The van der Waals surface area contributed by atoms with Crippen molar-refractivity contribution in [3.05, 3.63) is 70.8 Å². The van der Waals surface area contributed by atoms with Gasteiger partial charge in [0, 0.05) is 24.3 Å². The minimum absolute atomic E-state index is 0.135. The average molecular weight is 397 g/mol. The largest absolute Gasteiger partial charge is 0.452 e. The molecule has 0 radical (unpaired) electrons. The van der Waals surface area contributed by atoms with E-state index in [1.165, 1.54) is 6.07 Å². The van der Waals surface area contributed by atoms with E-state index in [9.17, 15) is 14.4 Å². The molecule has 0 heterocycles. The molecule has 1 N–H and O–H groups in total. The lowest BCUT2D eigenvalue weighted by Crippen LogP contribution is -2.30. The van der Waals surface area contributed by atoms with Crippen LogP contribution in [0.3, 0.4) is 0 Å². The van der Waals surface area contributed by atoms with Gasteiger partial charge in [0.05, 0.1) is 11.7 Å². The van der Waals surface area contributed by atoms with Gasteiger partial charge in [-0.3, -0.25) is 9.59 Å². The number of carbonyl (C=O) groups excluding carboxylic acids is 3. The van der Waals surface area contributed by atoms with Gasteiger partial charge < -0.3 is 14.8 Å². The van der Waals surface area contributed by atoms with Crippen molar-refractivity contribution >= 4 is 17.7 Å². The summed E-state index contributed by atoms with van der Waals surface area (Å²) in [7, 11) is 0. The second-order valence-electron chi connectivity index (χ2n) is 6.94. The van der Waals surface area contributed by atoms with E-state index in [-0.39, 0.29) is 23.0 Å². The number of rotatable bonds is 10. The third-order valence-corrected chi connectivity index (χ3v) is 4.13. The first-order valence-corrected chi connectivity index (χ1v) is 9.64. The van der Waals surface area contributed by atoms with Crippen molar-refractivity contribution in [3.8, 4) is 0 Å². The van der Waals surface area contributed by atoms with Crippen molar-refractivity contribution in [1.29, 1.82) is 0 Å². The van der Waals surface area contributed by atoms with E-state index >= 15 is 0 Å². The molecule has 0 spiro atoms. The van der Waals surface area contributed by atoms with Crippen LogP contribution in [0, 0.1) is 6.92 Å². The van der Waals surface area contributed by atoms with Crippen LogP contribution < -0.4 is 5.32 Å². The summed E-state index contributed by atoms with van der Waals surface area (Å²) in [6, 6.07) is 13.5. The quantitative estimate of drug-likeness (QED) is 0.378. The number of hydrogen-bond acceptors (Lipinski definition) is 5. The molecular formula is C23H27NO5. The Morgan fingerprint density at radius 3 is 2.28 bits per heavy atom. The van der Waals surface area contributed by atoms with Gasteiger partial charge in [-0.2, -0.15) is 0 Å². The van der Waals surface area contributed by atoms with Crippen molar-refractivity contribution in [2.24, 2.45) is 0 Å². The van der Waals surface area contributed by atoms with E-state index in [4.69, 9.17) is 9.47 Å². The smallest absolute Gasteiger partial charge is 0.339 e. The molecule has 0 bridgehead atoms. The van der Waals surface area contributed by atoms with Crippen molar-refractivity contribution < 1.29 is 23.9 Å². The van der Waals surface area contributed by atoms with Crippen LogP contribution >= 0.6 is 0 Å². The van der Waals surface area contributed by atoms with Gasteiger partial charge in [-0.15, -0.1) is 0 Å². The van der Waals surface area contributed by atoms with Crippen LogP contribution in [0.25, 0.3) is 0 Å². The minimum Gasteiger partial charge on any atom is -0.452 e. The summed E-state index contributed by atoms with van der Waals surface area (Å²) in [6.45, 7) is 6.40. The van der Waals surface area contributed by atoms with Gasteiger partial charge in [-0.1, -0.05) is 48.0 Å². The topological polar surface area (TPSA) is 81.7 Å². The van der Waals surface area contributed by atoms with E-state index in [0.29, 0.717) is 25.1 Å². The van der Waals surface area contributed by atoms with Gasteiger partial charge in [-0.05, 0) is 33.3 Å². The summed E-state index contributed by atoms with van der Waals surface area (Å²) in [6.07, 6.45) is 0.820. The van der Waals surface area contributed by atoms with Crippen molar-refractivity contribution in [2.75, 3.05) is 19.8 Å². The number of carbonyl (C=O) groups is 3. The first kappa shape index (κ1) is 22.3. The lowest BCUT2D eigenvalue weighted by atomic mass is 9.98. The first-order chi connectivity index (χ1) is 13.9. The number of aryl methyl sites for hydroxylation is 1. The normalized spacial score (nSPS) is 10.6. The summed E-state index contributed by atoms with van der Waals surface area (Å²) in [5.74, 6) is -1.38. The zero-order chi connectivity index (χ0) is 21.2. The molecule has 2 aromatic carbocycles.